The highest BCUT2D eigenvalue weighted by molar-refractivity contribution is 7.92. The number of anilines is 1. The van der Waals surface area contributed by atoms with Gasteiger partial charge in [-0.3, -0.25) is 13.9 Å². The number of nitrogens with zero attached hydrogens (tertiary/aromatic N) is 2. The van der Waals surface area contributed by atoms with Crippen LogP contribution in [-0.2, 0) is 26.2 Å². The quantitative estimate of drug-likeness (QED) is 0.218. The van der Waals surface area contributed by atoms with Gasteiger partial charge in [0.1, 0.15) is 24.1 Å². The van der Waals surface area contributed by atoms with Gasteiger partial charge in [0.15, 0.2) is 0 Å². The summed E-state index contributed by atoms with van der Waals surface area (Å²) in [5.74, 6) is 0.309. The van der Waals surface area contributed by atoms with E-state index >= 15 is 0 Å². The van der Waals surface area contributed by atoms with E-state index in [0.717, 1.165) is 15.4 Å². The van der Waals surface area contributed by atoms with E-state index in [2.05, 4.69) is 5.32 Å². The molecule has 0 saturated carbocycles. The normalized spacial score (nSPS) is 11.9. The number of rotatable bonds is 12. The summed E-state index contributed by atoms with van der Waals surface area (Å²) in [6.07, 6.45) is 0. The van der Waals surface area contributed by atoms with E-state index < -0.39 is 28.5 Å². The number of carbonyl (C=O) groups excluding carboxylic acids is 2. The average Bonchev–Trinajstić information content (AvgIpc) is 2.99. The summed E-state index contributed by atoms with van der Waals surface area (Å²) >= 11 is 0. The van der Waals surface area contributed by atoms with Crippen LogP contribution >= 0.6 is 0 Å². The van der Waals surface area contributed by atoms with E-state index in [9.17, 15) is 18.0 Å². The van der Waals surface area contributed by atoms with Crippen LogP contribution in [0.15, 0.2) is 114 Å². The fourth-order valence-corrected chi connectivity index (χ4v) is 5.85. The summed E-state index contributed by atoms with van der Waals surface area (Å²) in [7, 11) is -4.16. The zero-order valence-corrected chi connectivity index (χ0v) is 25.6. The Hall–Kier alpha value is -4.63. The molecule has 43 heavy (non-hydrogen) atoms. The lowest BCUT2D eigenvalue weighted by Gasteiger charge is -2.32. The Morgan fingerprint density at radius 2 is 1.33 bits per heavy atom. The number of ether oxygens (including phenoxy) is 1. The molecule has 1 unspecified atom stereocenters. The molecule has 4 rings (SSSR count). The van der Waals surface area contributed by atoms with Crippen LogP contribution in [0.3, 0.4) is 0 Å². The fraction of sp³-hybridized carbons (Fsp3) is 0.235. The molecule has 1 atom stereocenters. The van der Waals surface area contributed by atoms with Crippen molar-refractivity contribution in [1.29, 1.82) is 0 Å². The molecule has 8 nitrogen and oxygen atoms in total. The Bertz CT molecular complexity index is 1610. The zero-order valence-electron chi connectivity index (χ0n) is 24.8. The molecule has 0 aliphatic heterocycles. The largest absolute Gasteiger partial charge is 0.457 e. The van der Waals surface area contributed by atoms with Gasteiger partial charge < -0.3 is 15.0 Å². The Labute approximate surface area is 254 Å². The van der Waals surface area contributed by atoms with Crippen LogP contribution in [0.25, 0.3) is 0 Å². The standard InChI is InChI=1S/C34H37N3O5S/c1-25(2)35-34(39)27(4)36(23-28-11-7-5-8-12-28)33(38)24-37(43(40,41)32-21-15-26(3)16-22-32)29-17-19-31(20-18-29)42-30-13-9-6-10-14-30/h5-22,25,27H,23-24H2,1-4H3,(H,35,39). The maximum absolute atomic E-state index is 14.0. The van der Waals surface area contributed by atoms with Crippen LogP contribution in [0.1, 0.15) is 31.9 Å². The molecule has 0 saturated heterocycles. The highest BCUT2D eigenvalue weighted by Gasteiger charge is 2.32. The monoisotopic (exact) mass is 599 g/mol. The van der Waals surface area contributed by atoms with Gasteiger partial charge in [0.2, 0.25) is 11.8 Å². The van der Waals surface area contributed by atoms with Crippen LogP contribution < -0.4 is 14.4 Å². The van der Waals surface area contributed by atoms with Crippen LogP contribution in [0.4, 0.5) is 5.69 Å². The minimum absolute atomic E-state index is 0.0516. The maximum atomic E-state index is 14.0. The number of benzene rings is 4. The first-order valence-electron chi connectivity index (χ1n) is 14.1. The number of hydrogen-bond acceptors (Lipinski definition) is 5. The van der Waals surface area contributed by atoms with Crippen LogP contribution in [-0.4, -0.2) is 43.8 Å². The van der Waals surface area contributed by atoms with Crippen molar-refractivity contribution in [3.8, 4) is 11.5 Å². The average molecular weight is 600 g/mol. The van der Waals surface area contributed by atoms with E-state index in [4.69, 9.17) is 4.74 Å². The van der Waals surface area contributed by atoms with Crippen molar-refractivity contribution in [3.05, 3.63) is 120 Å². The molecule has 2 amide bonds. The number of aryl methyl sites for hydroxylation is 1. The first-order chi connectivity index (χ1) is 20.5. The Kier molecular flexibility index (Phi) is 10.2. The Morgan fingerprint density at radius 1 is 0.767 bits per heavy atom. The molecule has 0 bridgehead atoms. The zero-order chi connectivity index (χ0) is 31.0. The molecule has 0 aromatic heterocycles. The summed E-state index contributed by atoms with van der Waals surface area (Å²) in [5.41, 5.74) is 2.01. The van der Waals surface area contributed by atoms with E-state index in [-0.39, 0.29) is 29.1 Å². The van der Waals surface area contributed by atoms with Crippen molar-refractivity contribution in [2.24, 2.45) is 0 Å². The van der Waals surface area contributed by atoms with Gasteiger partial charge in [-0.05, 0) is 81.8 Å². The van der Waals surface area contributed by atoms with Gasteiger partial charge in [0.25, 0.3) is 10.0 Å². The molecule has 0 aliphatic rings. The van der Waals surface area contributed by atoms with Gasteiger partial charge in [-0.25, -0.2) is 8.42 Å². The molecule has 0 spiro atoms. The van der Waals surface area contributed by atoms with Crippen LogP contribution in [0.2, 0.25) is 0 Å². The molecule has 0 fully saturated rings. The van der Waals surface area contributed by atoms with Crippen molar-refractivity contribution in [2.75, 3.05) is 10.8 Å². The van der Waals surface area contributed by atoms with Crippen molar-refractivity contribution >= 4 is 27.5 Å². The minimum atomic E-state index is -4.16. The van der Waals surface area contributed by atoms with E-state index in [1.165, 1.54) is 17.0 Å². The molecule has 9 heteroatoms. The summed E-state index contributed by atoms with van der Waals surface area (Å²) in [6.45, 7) is 6.82. The highest BCUT2D eigenvalue weighted by atomic mass is 32.2. The van der Waals surface area contributed by atoms with Crippen LogP contribution in [0, 0.1) is 6.92 Å². The van der Waals surface area contributed by atoms with Gasteiger partial charge in [-0.2, -0.15) is 0 Å². The van der Waals surface area contributed by atoms with Gasteiger partial charge in [0, 0.05) is 12.6 Å². The van der Waals surface area contributed by atoms with Crippen molar-refractivity contribution in [1.82, 2.24) is 10.2 Å². The summed E-state index contributed by atoms with van der Waals surface area (Å²) < 4.78 is 35.0. The first-order valence-corrected chi connectivity index (χ1v) is 15.5. The molecule has 0 aliphatic carbocycles. The number of hydrogen-bond donors (Lipinski definition) is 1. The number of para-hydroxylation sites is 1. The smallest absolute Gasteiger partial charge is 0.264 e. The number of amides is 2. The van der Waals surface area contributed by atoms with Crippen molar-refractivity contribution in [3.63, 3.8) is 0 Å². The highest BCUT2D eigenvalue weighted by Crippen LogP contribution is 2.28. The third kappa shape index (κ3) is 8.23. The van der Waals surface area contributed by atoms with Gasteiger partial charge in [0.05, 0.1) is 10.6 Å². The number of nitrogens with one attached hydrogen (secondary N) is 1. The lowest BCUT2D eigenvalue weighted by atomic mass is 10.1. The van der Waals surface area contributed by atoms with Crippen LogP contribution in [0.5, 0.6) is 11.5 Å². The Balaban J connectivity index is 1.69. The predicted molar refractivity (Wildman–Crippen MR) is 168 cm³/mol. The third-order valence-corrected chi connectivity index (χ3v) is 8.57. The lowest BCUT2D eigenvalue weighted by Crippen LogP contribution is -2.52. The third-order valence-electron chi connectivity index (χ3n) is 6.79. The molecule has 0 heterocycles. The second-order valence-corrected chi connectivity index (χ2v) is 12.4. The van der Waals surface area contributed by atoms with Gasteiger partial charge >= 0.3 is 0 Å². The molecule has 4 aromatic carbocycles. The van der Waals surface area contributed by atoms with E-state index in [1.54, 1.807) is 43.3 Å². The second kappa shape index (κ2) is 14.0. The van der Waals surface area contributed by atoms with Gasteiger partial charge in [-0.15, -0.1) is 0 Å². The number of carbonyl (C=O) groups is 2. The van der Waals surface area contributed by atoms with E-state index in [0.29, 0.717) is 11.5 Å². The molecular formula is C34H37N3O5S. The topological polar surface area (TPSA) is 96.0 Å². The van der Waals surface area contributed by atoms with E-state index in [1.807, 2.05) is 81.4 Å². The Morgan fingerprint density at radius 3 is 1.91 bits per heavy atom. The van der Waals surface area contributed by atoms with Crippen molar-refractivity contribution in [2.45, 2.75) is 51.2 Å². The first kappa shape index (κ1) is 31.3. The molecule has 4 aromatic rings. The SMILES string of the molecule is Cc1ccc(S(=O)(=O)N(CC(=O)N(Cc2ccccc2)C(C)C(=O)NC(C)C)c2ccc(Oc3ccccc3)cc2)cc1. The summed E-state index contributed by atoms with van der Waals surface area (Å²) in [4.78, 5) is 28.5. The number of sulfonamides is 1. The van der Waals surface area contributed by atoms with Gasteiger partial charge in [-0.1, -0.05) is 66.2 Å². The minimum Gasteiger partial charge on any atom is -0.457 e. The lowest BCUT2D eigenvalue weighted by molar-refractivity contribution is -0.139. The van der Waals surface area contributed by atoms with Crippen molar-refractivity contribution < 1.29 is 22.7 Å². The molecule has 1 N–H and O–H groups in total. The molecular weight excluding hydrogens is 562 g/mol. The fourth-order valence-electron chi connectivity index (χ4n) is 4.44. The predicted octanol–water partition coefficient (Wildman–Crippen LogP) is 5.92. The summed E-state index contributed by atoms with van der Waals surface area (Å²) in [6, 6.07) is 30.5. The summed E-state index contributed by atoms with van der Waals surface area (Å²) in [5, 5.41) is 2.86. The molecule has 224 valence electrons. The molecule has 0 radical (unpaired) electrons. The second-order valence-electron chi connectivity index (χ2n) is 10.6. The maximum Gasteiger partial charge on any atom is 0.264 e.